The molecule has 37 heavy (non-hydrogen) atoms. The van der Waals surface area contributed by atoms with E-state index >= 15 is 0 Å². The maximum absolute atomic E-state index is 12.3. The van der Waals surface area contributed by atoms with Crippen LogP contribution in [0.5, 0.6) is 5.75 Å². The summed E-state index contributed by atoms with van der Waals surface area (Å²) in [7, 11) is 0. The Morgan fingerprint density at radius 2 is 1.89 bits per heavy atom. The molecule has 2 aliphatic rings. The monoisotopic (exact) mass is 542 g/mol. The van der Waals surface area contributed by atoms with E-state index in [1.165, 1.54) is 0 Å². The Bertz CT molecular complexity index is 1220. The number of nitrogens with zero attached hydrogens (tertiary/aromatic N) is 3. The lowest BCUT2D eigenvalue weighted by atomic mass is 10.1. The van der Waals surface area contributed by atoms with Crippen LogP contribution in [0.3, 0.4) is 0 Å². The van der Waals surface area contributed by atoms with Crippen molar-refractivity contribution in [3.63, 3.8) is 0 Å². The Labute approximate surface area is 226 Å². The number of benzene rings is 2. The number of carbonyl (C=O) groups excluding carboxylic acids is 1. The zero-order valence-electron chi connectivity index (χ0n) is 20.4. The first-order chi connectivity index (χ1) is 17.9. The van der Waals surface area contributed by atoms with Crippen LogP contribution in [0.25, 0.3) is 0 Å². The molecule has 5 rings (SSSR count). The lowest BCUT2D eigenvalue weighted by Crippen LogP contribution is -2.53. The number of rotatable bonds is 7. The van der Waals surface area contributed by atoms with Crippen LogP contribution >= 0.6 is 23.2 Å². The lowest BCUT2D eigenvalue weighted by Gasteiger charge is -2.36. The molecule has 2 fully saturated rings. The van der Waals surface area contributed by atoms with Crippen LogP contribution in [-0.4, -0.2) is 61.4 Å². The largest absolute Gasteiger partial charge is 0.491 e. The number of carbonyl (C=O) groups is 1. The van der Waals surface area contributed by atoms with Crippen molar-refractivity contribution >= 4 is 34.8 Å². The first kappa shape index (κ1) is 25.8. The Hall–Kier alpha value is -2.88. The second kappa shape index (κ2) is 11.2. The van der Waals surface area contributed by atoms with Crippen molar-refractivity contribution in [2.75, 3.05) is 44.3 Å². The van der Waals surface area contributed by atoms with Crippen LogP contribution in [0.15, 0.2) is 66.9 Å². The highest BCUT2D eigenvalue weighted by Crippen LogP contribution is 2.38. The fourth-order valence-corrected chi connectivity index (χ4v) is 5.02. The minimum absolute atomic E-state index is 0.191. The van der Waals surface area contributed by atoms with E-state index in [-0.39, 0.29) is 12.0 Å². The first-order valence-corrected chi connectivity index (χ1v) is 12.9. The topological polar surface area (TPSA) is 76.2 Å². The minimum Gasteiger partial charge on any atom is -0.491 e. The summed E-state index contributed by atoms with van der Waals surface area (Å²) in [4.78, 5) is 18.7. The number of anilines is 1. The van der Waals surface area contributed by atoms with Gasteiger partial charge in [0.1, 0.15) is 24.2 Å². The smallest absolute Gasteiger partial charge is 0.284 e. The maximum Gasteiger partial charge on any atom is 0.284 e. The van der Waals surface area contributed by atoms with Gasteiger partial charge in [-0.1, -0.05) is 35.3 Å². The molecule has 0 radical (unpaired) electrons. The fraction of sp³-hybridized carbons (Fsp3) is 0.333. The fourth-order valence-electron chi connectivity index (χ4n) is 4.44. The van der Waals surface area contributed by atoms with E-state index in [9.17, 15) is 4.79 Å². The number of hydrogen-bond donors (Lipinski definition) is 1. The third-order valence-corrected chi connectivity index (χ3v) is 6.98. The molecule has 10 heteroatoms. The van der Waals surface area contributed by atoms with Gasteiger partial charge in [-0.2, -0.15) is 0 Å². The standard InChI is InChI=1S/C27H28Cl2N4O4/c1-27(23-10-5-19(28)16-24(23)29)36-18-22(37-27)17-35-21-8-6-20(7-9-21)32-12-14-33(15-13-32)31-26(34)25-4-2-3-11-30-25/h2-11,16,22H,12-15,17-18H2,1H3,(H,31,34)/t22-,27+/m1/s1. The summed E-state index contributed by atoms with van der Waals surface area (Å²) < 4.78 is 18.0. The molecule has 0 saturated carbocycles. The summed E-state index contributed by atoms with van der Waals surface area (Å²) >= 11 is 12.4. The average Bonchev–Trinajstić information content (AvgIpc) is 3.30. The molecular weight excluding hydrogens is 515 g/mol. The third kappa shape index (κ3) is 6.17. The molecule has 2 saturated heterocycles. The van der Waals surface area contributed by atoms with Crippen LogP contribution in [0.2, 0.25) is 10.0 Å². The van der Waals surface area contributed by atoms with Gasteiger partial charge in [0.25, 0.3) is 5.91 Å². The Kier molecular flexibility index (Phi) is 7.83. The summed E-state index contributed by atoms with van der Waals surface area (Å²) in [5, 5.41) is 3.00. The molecule has 0 bridgehead atoms. The van der Waals surface area contributed by atoms with Gasteiger partial charge in [0, 0.05) is 48.6 Å². The van der Waals surface area contributed by atoms with Crippen molar-refractivity contribution in [3.05, 3.63) is 88.2 Å². The van der Waals surface area contributed by atoms with E-state index in [0.29, 0.717) is 42.0 Å². The average molecular weight is 543 g/mol. The Balaban J connectivity index is 1.08. The van der Waals surface area contributed by atoms with E-state index in [1.54, 1.807) is 36.5 Å². The number of hydrazine groups is 1. The predicted octanol–water partition coefficient (Wildman–Crippen LogP) is 4.52. The van der Waals surface area contributed by atoms with Crippen molar-refractivity contribution in [2.45, 2.75) is 18.8 Å². The molecule has 2 atom stereocenters. The van der Waals surface area contributed by atoms with Gasteiger partial charge in [0.05, 0.1) is 11.6 Å². The molecule has 2 aliphatic heterocycles. The molecule has 3 aromatic rings. The summed E-state index contributed by atoms with van der Waals surface area (Å²) in [5.74, 6) is -0.380. The second-order valence-electron chi connectivity index (χ2n) is 9.06. The number of pyridine rings is 1. The van der Waals surface area contributed by atoms with Gasteiger partial charge < -0.3 is 19.1 Å². The van der Waals surface area contributed by atoms with Crippen LogP contribution in [0.4, 0.5) is 5.69 Å². The molecule has 2 aromatic carbocycles. The highest BCUT2D eigenvalue weighted by atomic mass is 35.5. The molecule has 0 unspecified atom stereocenters. The van der Waals surface area contributed by atoms with Crippen molar-refractivity contribution in [2.24, 2.45) is 0 Å². The molecule has 3 heterocycles. The highest BCUT2D eigenvalue weighted by molar-refractivity contribution is 6.35. The number of halogens is 2. The lowest BCUT2D eigenvalue weighted by molar-refractivity contribution is -0.164. The molecule has 1 N–H and O–H groups in total. The van der Waals surface area contributed by atoms with Crippen LogP contribution in [0, 0.1) is 0 Å². The maximum atomic E-state index is 12.3. The summed E-state index contributed by atoms with van der Waals surface area (Å²) in [5.41, 5.74) is 5.18. The summed E-state index contributed by atoms with van der Waals surface area (Å²) in [6.07, 6.45) is 1.38. The van der Waals surface area contributed by atoms with Gasteiger partial charge in [0.15, 0.2) is 5.79 Å². The van der Waals surface area contributed by atoms with Crippen LogP contribution < -0.4 is 15.1 Å². The van der Waals surface area contributed by atoms with Gasteiger partial charge >= 0.3 is 0 Å². The minimum atomic E-state index is -0.946. The zero-order valence-corrected chi connectivity index (χ0v) is 21.9. The molecule has 8 nitrogen and oxygen atoms in total. The number of hydrogen-bond acceptors (Lipinski definition) is 7. The zero-order chi connectivity index (χ0) is 25.8. The second-order valence-corrected chi connectivity index (χ2v) is 9.90. The van der Waals surface area contributed by atoms with E-state index in [1.807, 2.05) is 42.3 Å². The number of piperazine rings is 1. The van der Waals surface area contributed by atoms with Crippen molar-refractivity contribution < 1.29 is 19.0 Å². The summed E-state index contributed by atoms with van der Waals surface area (Å²) in [6.45, 7) is 5.62. The van der Waals surface area contributed by atoms with E-state index in [0.717, 1.165) is 30.1 Å². The third-order valence-electron chi connectivity index (χ3n) is 6.43. The SMILES string of the molecule is C[C@]1(c2ccc(Cl)cc2Cl)OC[C@@H](COc2ccc(N3CCN(NC(=O)c4ccccn4)CC3)cc2)O1. The molecule has 1 amide bonds. The van der Waals surface area contributed by atoms with Crippen molar-refractivity contribution in [1.82, 2.24) is 15.4 Å². The number of nitrogens with one attached hydrogen (secondary N) is 1. The van der Waals surface area contributed by atoms with Gasteiger partial charge in [-0.3, -0.25) is 15.2 Å². The van der Waals surface area contributed by atoms with Gasteiger partial charge in [0.2, 0.25) is 0 Å². The highest BCUT2D eigenvalue weighted by Gasteiger charge is 2.40. The van der Waals surface area contributed by atoms with Gasteiger partial charge in [-0.05, 0) is 55.5 Å². The Morgan fingerprint density at radius 3 is 2.59 bits per heavy atom. The van der Waals surface area contributed by atoms with Crippen molar-refractivity contribution in [3.8, 4) is 5.75 Å². The number of amides is 1. The molecule has 0 spiro atoms. The van der Waals surface area contributed by atoms with Gasteiger partial charge in [-0.25, -0.2) is 5.01 Å². The molecule has 0 aliphatic carbocycles. The Morgan fingerprint density at radius 1 is 1.11 bits per heavy atom. The molecular formula is C27H28Cl2N4O4. The number of aromatic nitrogens is 1. The van der Waals surface area contributed by atoms with Crippen LogP contribution in [0.1, 0.15) is 23.0 Å². The first-order valence-electron chi connectivity index (χ1n) is 12.1. The molecule has 1 aromatic heterocycles. The van der Waals surface area contributed by atoms with E-state index in [4.69, 9.17) is 37.4 Å². The van der Waals surface area contributed by atoms with E-state index in [2.05, 4.69) is 15.3 Å². The number of ether oxygens (including phenoxy) is 3. The quantitative estimate of drug-likeness (QED) is 0.470. The molecule has 194 valence electrons. The van der Waals surface area contributed by atoms with Crippen molar-refractivity contribution in [1.29, 1.82) is 0 Å². The van der Waals surface area contributed by atoms with Crippen LogP contribution in [-0.2, 0) is 15.3 Å². The van der Waals surface area contributed by atoms with Gasteiger partial charge in [-0.15, -0.1) is 0 Å². The van der Waals surface area contributed by atoms with E-state index < -0.39 is 5.79 Å². The predicted molar refractivity (Wildman–Crippen MR) is 142 cm³/mol. The summed E-state index contributed by atoms with van der Waals surface area (Å²) in [6, 6.07) is 18.6. The normalized spacial score (nSPS) is 22.1.